The van der Waals surface area contributed by atoms with Crippen molar-refractivity contribution in [3.05, 3.63) is 77.0 Å². The molecule has 2 heteroatoms. The summed E-state index contributed by atoms with van der Waals surface area (Å²) in [5, 5.41) is 7.83. The lowest BCUT2D eigenvalue weighted by atomic mass is 9.85. The molecule has 0 radical (unpaired) electrons. The standard InChI is InChI=1S/C35H36NO/c1-20(2)16-30-27-12-10-21(3)17-29(27)22(4)32-34-33-28(14-15-36(34)5)26-13-11-24(23-8-6-7-9-23)18-25(26)19-31(33)37-35(30)32/h10-15,17-20,23H,6-9,16H2,1-5H3/q+1. The van der Waals surface area contributed by atoms with E-state index < -0.39 is 0 Å². The van der Waals surface area contributed by atoms with Crippen molar-refractivity contribution < 1.29 is 9.30 Å². The van der Waals surface area contributed by atoms with E-state index in [0.717, 1.165) is 17.9 Å². The quantitative estimate of drug-likeness (QED) is 0.179. The van der Waals surface area contributed by atoms with Gasteiger partial charge in [0.2, 0.25) is 5.69 Å². The molecule has 0 unspecified atom stereocenters. The van der Waals surface area contributed by atoms with Crippen LogP contribution in [-0.2, 0) is 13.5 Å². The molecule has 1 aromatic heterocycles. The van der Waals surface area contributed by atoms with Crippen molar-refractivity contribution in [3.8, 4) is 22.8 Å². The average molecular weight is 487 g/mol. The molecule has 0 saturated heterocycles. The molecule has 1 fully saturated rings. The van der Waals surface area contributed by atoms with Crippen LogP contribution in [0.4, 0.5) is 0 Å². The molecule has 1 aliphatic heterocycles. The van der Waals surface area contributed by atoms with Crippen molar-refractivity contribution in [1.29, 1.82) is 0 Å². The zero-order chi connectivity index (χ0) is 25.4. The number of hydrogen-bond donors (Lipinski definition) is 0. The first-order valence-electron chi connectivity index (χ1n) is 14.0. The molecule has 7 rings (SSSR count). The fourth-order valence-electron chi connectivity index (χ4n) is 7.10. The maximum Gasteiger partial charge on any atom is 0.228 e. The van der Waals surface area contributed by atoms with Crippen LogP contribution < -0.4 is 9.30 Å². The molecule has 0 bridgehead atoms. The van der Waals surface area contributed by atoms with Gasteiger partial charge in [-0.25, -0.2) is 4.57 Å². The fourth-order valence-corrected chi connectivity index (χ4v) is 7.10. The molecule has 0 spiro atoms. The predicted octanol–water partition coefficient (Wildman–Crippen LogP) is 9.22. The second-order valence-corrected chi connectivity index (χ2v) is 12.0. The molecule has 0 atom stereocenters. The summed E-state index contributed by atoms with van der Waals surface area (Å²) in [5.41, 5.74) is 7.99. The van der Waals surface area contributed by atoms with Crippen LogP contribution in [0.3, 0.4) is 0 Å². The van der Waals surface area contributed by atoms with Crippen LogP contribution in [-0.4, -0.2) is 0 Å². The third kappa shape index (κ3) is 3.41. The van der Waals surface area contributed by atoms with Gasteiger partial charge in [0.05, 0.1) is 10.9 Å². The maximum atomic E-state index is 7.02. The predicted molar refractivity (Wildman–Crippen MR) is 155 cm³/mol. The van der Waals surface area contributed by atoms with Gasteiger partial charge in [0.1, 0.15) is 18.5 Å². The molecular weight excluding hydrogens is 450 g/mol. The second kappa shape index (κ2) is 8.31. The van der Waals surface area contributed by atoms with Gasteiger partial charge in [-0.1, -0.05) is 68.7 Å². The maximum absolute atomic E-state index is 7.02. The van der Waals surface area contributed by atoms with Crippen LogP contribution in [0.15, 0.2) is 54.7 Å². The number of rotatable bonds is 3. The smallest absolute Gasteiger partial charge is 0.228 e. The monoisotopic (exact) mass is 486 g/mol. The molecule has 37 heavy (non-hydrogen) atoms. The van der Waals surface area contributed by atoms with Gasteiger partial charge in [-0.2, -0.15) is 0 Å². The minimum Gasteiger partial charge on any atom is -0.455 e. The summed E-state index contributed by atoms with van der Waals surface area (Å²) in [5.74, 6) is 3.30. The molecule has 1 saturated carbocycles. The summed E-state index contributed by atoms with van der Waals surface area (Å²) >= 11 is 0. The summed E-state index contributed by atoms with van der Waals surface area (Å²) in [6.45, 7) is 9.09. The third-order valence-corrected chi connectivity index (χ3v) is 8.89. The van der Waals surface area contributed by atoms with Gasteiger partial charge in [-0.05, 0) is 83.7 Å². The first kappa shape index (κ1) is 22.8. The Morgan fingerprint density at radius 3 is 2.46 bits per heavy atom. The van der Waals surface area contributed by atoms with Gasteiger partial charge >= 0.3 is 0 Å². The molecule has 186 valence electrons. The fraction of sp³-hybridized carbons (Fsp3) is 0.343. The average Bonchev–Trinajstić information content (AvgIpc) is 3.42. The molecule has 4 aromatic carbocycles. The Morgan fingerprint density at radius 2 is 1.68 bits per heavy atom. The van der Waals surface area contributed by atoms with Crippen LogP contribution in [0, 0.1) is 19.8 Å². The van der Waals surface area contributed by atoms with E-state index in [1.54, 1.807) is 0 Å². The lowest BCUT2D eigenvalue weighted by Crippen LogP contribution is -2.32. The van der Waals surface area contributed by atoms with Crippen molar-refractivity contribution in [2.75, 3.05) is 0 Å². The Labute approximate surface area is 219 Å². The van der Waals surface area contributed by atoms with E-state index >= 15 is 0 Å². The Morgan fingerprint density at radius 1 is 0.892 bits per heavy atom. The molecule has 0 amide bonds. The largest absolute Gasteiger partial charge is 0.455 e. The van der Waals surface area contributed by atoms with E-state index in [1.165, 1.54) is 91.5 Å². The van der Waals surface area contributed by atoms with E-state index in [2.05, 4.69) is 94.0 Å². The number of aryl methyl sites for hydroxylation is 3. The van der Waals surface area contributed by atoms with Crippen molar-refractivity contribution in [1.82, 2.24) is 0 Å². The normalized spacial score (nSPS) is 15.2. The van der Waals surface area contributed by atoms with Crippen LogP contribution in [0.2, 0.25) is 0 Å². The molecule has 0 N–H and O–H groups in total. The van der Waals surface area contributed by atoms with Gasteiger partial charge in [0.15, 0.2) is 6.20 Å². The van der Waals surface area contributed by atoms with E-state index in [4.69, 9.17) is 4.74 Å². The van der Waals surface area contributed by atoms with Gasteiger partial charge in [0, 0.05) is 17.0 Å². The Bertz CT molecular complexity index is 1740. The van der Waals surface area contributed by atoms with Crippen molar-refractivity contribution in [2.24, 2.45) is 13.0 Å². The SMILES string of the molecule is Cc1ccc2c(CC(C)C)c3c(c(C)c2c1)-c1c2c(cc4cc(C5CCCC5)ccc4c2cc[n+]1C)O3. The number of benzene rings is 4. The van der Waals surface area contributed by atoms with Crippen LogP contribution >= 0.6 is 0 Å². The lowest BCUT2D eigenvalue weighted by molar-refractivity contribution is -0.659. The molecule has 2 nitrogen and oxygen atoms in total. The second-order valence-electron chi connectivity index (χ2n) is 12.0. The Kier molecular flexibility index (Phi) is 5.12. The summed E-state index contributed by atoms with van der Waals surface area (Å²) in [6.07, 6.45) is 8.59. The summed E-state index contributed by atoms with van der Waals surface area (Å²) < 4.78 is 9.32. The highest BCUT2D eigenvalue weighted by Crippen LogP contribution is 2.52. The van der Waals surface area contributed by atoms with E-state index in [-0.39, 0.29) is 0 Å². The summed E-state index contributed by atoms with van der Waals surface area (Å²) in [7, 11) is 2.18. The van der Waals surface area contributed by atoms with Crippen molar-refractivity contribution in [3.63, 3.8) is 0 Å². The third-order valence-electron chi connectivity index (χ3n) is 8.89. The summed E-state index contributed by atoms with van der Waals surface area (Å²) in [6, 6.07) is 18.7. The van der Waals surface area contributed by atoms with Crippen molar-refractivity contribution >= 4 is 32.3 Å². The first-order chi connectivity index (χ1) is 17.9. The minimum absolute atomic E-state index is 0.538. The topological polar surface area (TPSA) is 13.1 Å². The first-order valence-corrected chi connectivity index (χ1v) is 14.0. The Hall–Kier alpha value is -3.39. The number of aromatic nitrogens is 1. The minimum atomic E-state index is 0.538. The zero-order valence-electron chi connectivity index (χ0n) is 22.7. The van der Waals surface area contributed by atoms with Crippen LogP contribution in [0.1, 0.15) is 67.7 Å². The summed E-state index contributed by atoms with van der Waals surface area (Å²) in [4.78, 5) is 0. The molecule has 2 heterocycles. The molecule has 1 aliphatic carbocycles. The number of ether oxygens (including phenoxy) is 1. The number of hydrogen-bond acceptors (Lipinski definition) is 1. The number of nitrogens with zero attached hydrogens (tertiary/aromatic N) is 1. The van der Waals surface area contributed by atoms with Crippen LogP contribution in [0.25, 0.3) is 43.6 Å². The van der Waals surface area contributed by atoms with E-state index in [1.807, 2.05) is 0 Å². The van der Waals surface area contributed by atoms with Crippen LogP contribution in [0.5, 0.6) is 11.5 Å². The lowest BCUT2D eigenvalue weighted by Gasteiger charge is -2.26. The van der Waals surface area contributed by atoms with E-state index in [9.17, 15) is 0 Å². The number of pyridine rings is 1. The molecule has 2 aliphatic rings. The highest BCUT2D eigenvalue weighted by atomic mass is 16.5. The van der Waals surface area contributed by atoms with Gasteiger partial charge in [0.25, 0.3) is 0 Å². The van der Waals surface area contributed by atoms with Gasteiger partial charge in [-0.15, -0.1) is 0 Å². The zero-order valence-corrected chi connectivity index (χ0v) is 22.7. The Balaban J connectivity index is 1.57. The highest BCUT2D eigenvalue weighted by Gasteiger charge is 2.33. The van der Waals surface area contributed by atoms with Gasteiger partial charge < -0.3 is 4.74 Å². The van der Waals surface area contributed by atoms with Crippen molar-refractivity contribution in [2.45, 2.75) is 65.7 Å². The number of fused-ring (bicyclic) bond motifs is 5. The molecule has 5 aromatic rings. The highest BCUT2D eigenvalue weighted by molar-refractivity contribution is 6.16. The molecular formula is C35H36NO+. The van der Waals surface area contributed by atoms with Gasteiger partial charge in [-0.3, -0.25) is 0 Å². The van der Waals surface area contributed by atoms with E-state index in [0.29, 0.717) is 11.8 Å².